The summed E-state index contributed by atoms with van der Waals surface area (Å²) in [5.74, 6) is 0.667. The molecule has 1 aliphatic heterocycles. The van der Waals surface area contributed by atoms with Crippen LogP contribution < -0.4 is 20.1 Å². The molecular weight excluding hydrogens is 232 g/mol. The molecule has 1 aliphatic rings. The molecule has 0 spiro atoms. The van der Waals surface area contributed by atoms with Crippen molar-refractivity contribution in [1.82, 2.24) is 0 Å². The van der Waals surface area contributed by atoms with Crippen LogP contribution in [-0.2, 0) is 4.79 Å². The number of ether oxygens (including phenoxy) is 2. The van der Waals surface area contributed by atoms with E-state index in [-0.39, 0.29) is 6.61 Å². The third kappa shape index (κ3) is 2.85. The molecule has 0 saturated carbocycles. The SMILES string of the molecule is COc1cc(N2CCCC2)ccc1OCC(N)=O. The number of anilines is 1. The number of hydrogen-bond acceptors (Lipinski definition) is 4. The van der Waals surface area contributed by atoms with Gasteiger partial charge in [-0.1, -0.05) is 0 Å². The third-order valence-electron chi connectivity index (χ3n) is 2.99. The molecule has 1 heterocycles. The smallest absolute Gasteiger partial charge is 0.255 e. The van der Waals surface area contributed by atoms with Crippen LogP contribution in [0.3, 0.4) is 0 Å². The molecule has 0 bridgehead atoms. The molecule has 0 radical (unpaired) electrons. The van der Waals surface area contributed by atoms with Gasteiger partial charge < -0.3 is 20.1 Å². The predicted octanol–water partition coefficient (Wildman–Crippen LogP) is 1.16. The van der Waals surface area contributed by atoms with Gasteiger partial charge in [0.25, 0.3) is 5.91 Å². The maximum Gasteiger partial charge on any atom is 0.255 e. The zero-order valence-electron chi connectivity index (χ0n) is 10.5. The van der Waals surface area contributed by atoms with Gasteiger partial charge in [0, 0.05) is 24.8 Å². The Morgan fingerprint density at radius 2 is 2.06 bits per heavy atom. The zero-order chi connectivity index (χ0) is 13.0. The Balaban J connectivity index is 2.14. The van der Waals surface area contributed by atoms with Gasteiger partial charge >= 0.3 is 0 Å². The molecule has 5 heteroatoms. The van der Waals surface area contributed by atoms with Gasteiger partial charge in [-0.2, -0.15) is 0 Å². The van der Waals surface area contributed by atoms with E-state index in [0.717, 1.165) is 18.8 Å². The summed E-state index contributed by atoms with van der Waals surface area (Å²) in [6.45, 7) is 2.01. The van der Waals surface area contributed by atoms with E-state index in [9.17, 15) is 4.79 Å². The molecule has 0 aliphatic carbocycles. The third-order valence-corrected chi connectivity index (χ3v) is 2.99. The van der Waals surface area contributed by atoms with Crippen LogP contribution in [0.5, 0.6) is 11.5 Å². The number of benzene rings is 1. The minimum absolute atomic E-state index is 0.139. The van der Waals surface area contributed by atoms with E-state index >= 15 is 0 Å². The molecule has 0 unspecified atom stereocenters. The van der Waals surface area contributed by atoms with Crippen molar-refractivity contribution in [2.24, 2.45) is 5.73 Å². The first-order valence-corrected chi connectivity index (χ1v) is 6.05. The number of carbonyl (C=O) groups is 1. The summed E-state index contributed by atoms with van der Waals surface area (Å²) in [6.07, 6.45) is 2.45. The summed E-state index contributed by atoms with van der Waals surface area (Å²) >= 11 is 0. The van der Waals surface area contributed by atoms with Gasteiger partial charge in [-0.15, -0.1) is 0 Å². The average Bonchev–Trinajstić information content (AvgIpc) is 2.90. The predicted molar refractivity (Wildman–Crippen MR) is 69.1 cm³/mol. The molecule has 1 saturated heterocycles. The largest absolute Gasteiger partial charge is 0.493 e. The second-order valence-electron chi connectivity index (χ2n) is 4.28. The minimum Gasteiger partial charge on any atom is -0.493 e. The van der Waals surface area contributed by atoms with E-state index < -0.39 is 5.91 Å². The van der Waals surface area contributed by atoms with Crippen molar-refractivity contribution in [3.05, 3.63) is 18.2 Å². The maximum absolute atomic E-state index is 10.7. The molecule has 2 rings (SSSR count). The lowest BCUT2D eigenvalue weighted by Crippen LogP contribution is -2.20. The first-order chi connectivity index (χ1) is 8.70. The summed E-state index contributed by atoms with van der Waals surface area (Å²) in [7, 11) is 1.58. The van der Waals surface area contributed by atoms with E-state index in [1.165, 1.54) is 12.8 Å². The molecule has 1 aromatic carbocycles. The fraction of sp³-hybridized carbons (Fsp3) is 0.462. The normalized spacial score (nSPS) is 14.6. The second-order valence-corrected chi connectivity index (χ2v) is 4.28. The van der Waals surface area contributed by atoms with E-state index in [1.807, 2.05) is 18.2 Å². The highest BCUT2D eigenvalue weighted by Crippen LogP contribution is 2.32. The Bertz CT molecular complexity index is 428. The molecule has 1 aromatic rings. The van der Waals surface area contributed by atoms with Gasteiger partial charge in [0.2, 0.25) is 0 Å². The van der Waals surface area contributed by atoms with E-state index in [0.29, 0.717) is 11.5 Å². The van der Waals surface area contributed by atoms with Crippen LogP contribution in [0.25, 0.3) is 0 Å². The fourth-order valence-electron chi connectivity index (χ4n) is 2.10. The molecule has 5 nitrogen and oxygen atoms in total. The van der Waals surface area contributed by atoms with Crippen molar-refractivity contribution in [2.75, 3.05) is 31.7 Å². The number of methoxy groups -OCH3 is 1. The molecule has 0 aromatic heterocycles. The quantitative estimate of drug-likeness (QED) is 0.851. The van der Waals surface area contributed by atoms with Crippen LogP contribution in [0.1, 0.15) is 12.8 Å². The van der Waals surface area contributed by atoms with Crippen LogP contribution in [0.4, 0.5) is 5.69 Å². The molecule has 2 N–H and O–H groups in total. The van der Waals surface area contributed by atoms with Crippen molar-refractivity contribution >= 4 is 11.6 Å². The van der Waals surface area contributed by atoms with Crippen LogP contribution in [0.2, 0.25) is 0 Å². The Kier molecular flexibility index (Phi) is 3.92. The lowest BCUT2D eigenvalue weighted by molar-refractivity contribution is -0.119. The number of primary amides is 1. The second kappa shape index (κ2) is 5.62. The Hall–Kier alpha value is -1.91. The summed E-state index contributed by atoms with van der Waals surface area (Å²) < 4.78 is 10.6. The van der Waals surface area contributed by atoms with Gasteiger partial charge in [0.15, 0.2) is 18.1 Å². The minimum atomic E-state index is -0.499. The monoisotopic (exact) mass is 250 g/mol. The molecule has 98 valence electrons. The van der Waals surface area contributed by atoms with Crippen molar-refractivity contribution in [1.29, 1.82) is 0 Å². The number of carbonyl (C=O) groups excluding carboxylic acids is 1. The van der Waals surface area contributed by atoms with Crippen LogP contribution in [0.15, 0.2) is 18.2 Å². The van der Waals surface area contributed by atoms with Gasteiger partial charge in [-0.25, -0.2) is 0 Å². The summed E-state index contributed by atoms with van der Waals surface area (Å²) in [6, 6.07) is 5.72. The fourth-order valence-corrected chi connectivity index (χ4v) is 2.10. The molecule has 1 fully saturated rings. The maximum atomic E-state index is 10.7. The lowest BCUT2D eigenvalue weighted by atomic mass is 10.2. The van der Waals surface area contributed by atoms with E-state index in [1.54, 1.807) is 7.11 Å². The highest BCUT2D eigenvalue weighted by Gasteiger charge is 2.15. The number of hydrogen-bond donors (Lipinski definition) is 1. The average molecular weight is 250 g/mol. The standard InChI is InChI=1S/C13H18N2O3/c1-17-12-8-10(15-6-2-3-7-15)4-5-11(12)18-9-13(14)16/h4-5,8H,2-3,6-7,9H2,1H3,(H2,14,16). The lowest BCUT2D eigenvalue weighted by Gasteiger charge is -2.19. The Morgan fingerprint density at radius 1 is 1.33 bits per heavy atom. The highest BCUT2D eigenvalue weighted by molar-refractivity contribution is 5.75. The number of rotatable bonds is 5. The first-order valence-electron chi connectivity index (χ1n) is 6.05. The number of nitrogens with two attached hydrogens (primary N) is 1. The zero-order valence-corrected chi connectivity index (χ0v) is 10.5. The summed E-state index contributed by atoms with van der Waals surface area (Å²) in [5, 5.41) is 0. The topological polar surface area (TPSA) is 64.8 Å². The van der Waals surface area contributed by atoms with Gasteiger partial charge in [0.05, 0.1) is 7.11 Å². The first kappa shape index (κ1) is 12.5. The van der Waals surface area contributed by atoms with Crippen LogP contribution in [-0.4, -0.2) is 32.7 Å². The van der Waals surface area contributed by atoms with Crippen molar-refractivity contribution < 1.29 is 14.3 Å². The van der Waals surface area contributed by atoms with Gasteiger partial charge in [0.1, 0.15) is 0 Å². The molecule has 1 amide bonds. The summed E-state index contributed by atoms with van der Waals surface area (Å²) in [5.41, 5.74) is 6.17. The number of amides is 1. The van der Waals surface area contributed by atoms with Crippen LogP contribution in [0, 0.1) is 0 Å². The Labute approximate surface area is 106 Å². The Morgan fingerprint density at radius 3 is 2.67 bits per heavy atom. The highest BCUT2D eigenvalue weighted by atomic mass is 16.5. The van der Waals surface area contributed by atoms with E-state index in [4.69, 9.17) is 15.2 Å². The number of nitrogens with zero attached hydrogens (tertiary/aromatic N) is 1. The van der Waals surface area contributed by atoms with Crippen LogP contribution >= 0.6 is 0 Å². The van der Waals surface area contributed by atoms with E-state index in [2.05, 4.69) is 4.90 Å². The molecule has 18 heavy (non-hydrogen) atoms. The van der Waals surface area contributed by atoms with Gasteiger partial charge in [-0.3, -0.25) is 4.79 Å². The molecule has 0 atom stereocenters. The van der Waals surface area contributed by atoms with Crippen molar-refractivity contribution in [3.8, 4) is 11.5 Å². The molecular formula is C13H18N2O3. The van der Waals surface area contributed by atoms with Crippen molar-refractivity contribution in [2.45, 2.75) is 12.8 Å². The van der Waals surface area contributed by atoms with Gasteiger partial charge in [-0.05, 0) is 25.0 Å². The van der Waals surface area contributed by atoms with Crippen molar-refractivity contribution in [3.63, 3.8) is 0 Å². The summed E-state index contributed by atoms with van der Waals surface area (Å²) in [4.78, 5) is 13.0.